The minimum absolute atomic E-state index is 0.108. The Kier molecular flexibility index (Phi) is 9.11. The number of carbonyl (C=O) groups is 1. The van der Waals surface area contributed by atoms with Gasteiger partial charge < -0.3 is 20.7 Å². The van der Waals surface area contributed by atoms with Gasteiger partial charge in [-0.3, -0.25) is 18.8 Å². The second-order valence-electron chi connectivity index (χ2n) is 12.9. The van der Waals surface area contributed by atoms with Crippen molar-refractivity contribution in [2.45, 2.75) is 57.2 Å². The van der Waals surface area contributed by atoms with Crippen LogP contribution in [0, 0.1) is 11.3 Å². The summed E-state index contributed by atoms with van der Waals surface area (Å²) in [5, 5.41) is 13.0. The van der Waals surface area contributed by atoms with Crippen LogP contribution in [0.1, 0.15) is 45.6 Å². The predicted molar refractivity (Wildman–Crippen MR) is 180 cm³/mol. The molecule has 12 nitrogen and oxygen atoms in total. The lowest BCUT2D eigenvalue weighted by molar-refractivity contribution is -0.118. The van der Waals surface area contributed by atoms with E-state index in [-0.39, 0.29) is 35.1 Å². The number of fused-ring (bicyclic) bond motifs is 1. The lowest BCUT2D eigenvalue weighted by Gasteiger charge is -2.41. The Hall–Kier alpha value is -4.99. The van der Waals surface area contributed by atoms with Crippen LogP contribution in [-0.4, -0.2) is 79.6 Å². The first kappa shape index (κ1) is 32.0. The molecule has 0 bridgehead atoms. The van der Waals surface area contributed by atoms with E-state index in [1.54, 1.807) is 15.2 Å². The fourth-order valence-electron chi connectivity index (χ4n) is 6.64. The van der Waals surface area contributed by atoms with Gasteiger partial charge in [-0.05, 0) is 89.1 Å². The number of nitrogens with one attached hydrogen (secondary N) is 1. The molecule has 244 valence electrons. The number of para-hydroxylation sites is 1. The van der Waals surface area contributed by atoms with Gasteiger partial charge in [-0.25, -0.2) is 14.8 Å². The molecule has 6 rings (SSSR count). The standard InChI is InChI=1S/C35H41N9O3/c1-35(2,42-19-17-41(3)18-20-42)21-24(22-36)33(45)40-25-9-11-27(12-10-25)44-32-30(31(37)38-23-39-32)43(34(44)46)26-13-15-29(16-14-26)47-28-7-5-4-6-8-28/h4-8,13-16,21,23,25,27H,9-12,17-20H2,1-3H3,(H,40,45)(H2,37,38,39). The van der Waals surface area contributed by atoms with E-state index >= 15 is 0 Å². The Morgan fingerprint density at radius 2 is 1.66 bits per heavy atom. The Labute approximate surface area is 274 Å². The maximum Gasteiger partial charge on any atom is 0.335 e. The Balaban J connectivity index is 1.17. The van der Waals surface area contributed by atoms with Gasteiger partial charge in [-0.1, -0.05) is 18.2 Å². The molecule has 2 fully saturated rings. The van der Waals surface area contributed by atoms with Crippen molar-refractivity contribution in [3.63, 3.8) is 0 Å². The second-order valence-corrected chi connectivity index (χ2v) is 12.9. The van der Waals surface area contributed by atoms with Crippen molar-refractivity contribution >= 4 is 22.9 Å². The number of nitriles is 1. The molecule has 2 aliphatic rings. The number of benzene rings is 2. The molecule has 1 amide bonds. The monoisotopic (exact) mass is 635 g/mol. The van der Waals surface area contributed by atoms with E-state index in [4.69, 9.17) is 10.5 Å². The van der Waals surface area contributed by atoms with Gasteiger partial charge in [0.1, 0.15) is 35.0 Å². The number of anilines is 1. The molecule has 2 aromatic heterocycles. The Morgan fingerprint density at radius 3 is 2.32 bits per heavy atom. The van der Waals surface area contributed by atoms with E-state index in [0.29, 0.717) is 54.0 Å². The van der Waals surface area contributed by atoms with Gasteiger partial charge in [0, 0.05) is 43.8 Å². The number of ether oxygens (including phenoxy) is 1. The van der Waals surface area contributed by atoms with Gasteiger partial charge >= 0.3 is 5.69 Å². The first-order chi connectivity index (χ1) is 22.6. The number of hydrogen-bond acceptors (Lipinski definition) is 9. The van der Waals surface area contributed by atoms with Crippen LogP contribution < -0.4 is 21.5 Å². The summed E-state index contributed by atoms with van der Waals surface area (Å²) in [4.78, 5) is 40.5. The Bertz CT molecular complexity index is 1860. The summed E-state index contributed by atoms with van der Waals surface area (Å²) < 4.78 is 9.19. The van der Waals surface area contributed by atoms with Crippen LogP contribution in [0.4, 0.5) is 5.82 Å². The zero-order valence-electron chi connectivity index (χ0n) is 27.1. The van der Waals surface area contributed by atoms with Crippen molar-refractivity contribution in [3.8, 4) is 23.3 Å². The summed E-state index contributed by atoms with van der Waals surface area (Å²) in [5.41, 5.74) is 7.32. The fraction of sp³-hybridized carbons (Fsp3) is 0.400. The first-order valence-electron chi connectivity index (χ1n) is 16.1. The van der Waals surface area contributed by atoms with Gasteiger partial charge in [0.05, 0.1) is 5.69 Å². The molecular weight excluding hydrogens is 594 g/mol. The lowest BCUT2D eigenvalue weighted by atomic mass is 9.90. The van der Waals surface area contributed by atoms with Crippen molar-refractivity contribution < 1.29 is 9.53 Å². The average molecular weight is 636 g/mol. The molecule has 3 heterocycles. The molecule has 1 aliphatic heterocycles. The summed E-state index contributed by atoms with van der Waals surface area (Å²) in [5.74, 6) is 1.21. The molecule has 47 heavy (non-hydrogen) atoms. The number of nitrogen functional groups attached to an aromatic ring is 1. The normalized spacial score (nSPS) is 19.7. The number of aromatic nitrogens is 4. The van der Waals surface area contributed by atoms with E-state index in [2.05, 4.69) is 38.2 Å². The van der Waals surface area contributed by atoms with Gasteiger partial charge in [0.2, 0.25) is 0 Å². The van der Waals surface area contributed by atoms with E-state index in [0.717, 1.165) is 26.2 Å². The van der Waals surface area contributed by atoms with Crippen LogP contribution in [-0.2, 0) is 4.79 Å². The number of nitrogens with two attached hydrogens (primary N) is 1. The SMILES string of the molecule is CN1CCN(C(C)(C)C=C(C#N)C(=O)NC2CCC(n3c(=O)n(-c4ccc(Oc5ccccc5)cc4)c4c(N)ncnc43)CC2)CC1. The van der Waals surface area contributed by atoms with Crippen LogP contribution in [0.15, 0.2) is 77.4 Å². The van der Waals surface area contributed by atoms with E-state index in [1.165, 1.54) is 6.33 Å². The molecule has 0 spiro atoms. The van der Waals surface area contributed by atoms with Crippen molar-refractivity contribution in [2.75, 3.05) is 39.0 Å². The molecule has 2 aromatic carbocycles. The highest BCUT2D eigenvalue weighted by molar-refractivity contribution is 5.97. The van der Waals surface area contributed by atoms with Crippen molar-refractivity contribution in [1.82, 2.24) is 34.2 Å². The number of hydrogen-bond donors (Lipinski definition) is 2. The molecule has 4 aromatic rings. The van der Waals surface area contributed by atoms with Crippen molar-refractivity contribution in [2.24, 2.45) is 0 Å². The third-order valence-corrected chi connectivity index (χ3v) is 9.33. The zero-order valence-corrected chi connectivity index (χ0v) is 27.1. The third-order valence-electron chi connectivity index (χ3n) is 9.33. The molecule has 0 atom stereocenters. The third kappa shape index (κ3) is 6.77. The van der Waals surface area contributed by atoms with E-state index < -0.39 is 5.54 Å². The molecule has 3 N–H and O–H groups in total. The van der Waals surface area contributed by atoms with Crippen molar-refractivity contribution in [3.05, 3.63) is 83.1 Å². The van der Waals surface area contributed by atoms with Gasteiger partial charge in [0.25, 0.3) is 5.91 Å². The first-order valence-corrected chi connectivity index (χ1v) is 16.1. The molecule has 1 saturated carbocycles. The van der Waals surface area contributed by atoms with Crippen molar-refractivity contribution in [1.29, 1.82) is 5.26 Å². The summed E-state index contributed by atoms with van der Waals surface area (Å²) in [6.07, 6.45) is 5.77. The maximum absolute atomic E-state index is 14.0. The predicted octanol–water partition coefficient (Wildman–Crippen LogP) is 4.03. The summed E-state index contributed by atoms with van der Waals surface area (Å²) in [7, 11) is 2.10. The van der Waals surface area contributed by atoms with Crippen LogP contribution >= 0.6 is 0 Å². The molecule has 12 heteroatoms. The van der Waals surface area contributed by atoms with Crippen LogP contribution in [0.5, 0.6) is 11.5 Å². The molecule has 1 saturated heterocycles. The highest BCUT2D eigenvalue weighted by atomic mass is 16.5. The van der Waals surface area contributed by atoms with E-state index in [9.17, 15) is 14.9 Å². The molecule has 1 aliphatic carbocycles. The van der Waals surface area contributed by atoms with E-state index in [1.807, 2.05) is 68.4 Å². The Morgan fingerprint density at radius 1 is 1.00 bits per heavy atom. The topological polar surface area (TPSA) is 147 Å². The van der Waals surface area contributed by atoms with Gasteiger partial charge in [-0.2, -0.15) is 5.26 Å². The van der Waals surface area contributed by atoms with Crippen LogP contribution in [0.2, 0.25) is 0 Å². The second kappa shape index (κ2) is 13.4. The summed E-state index contributed by atoms with van der Waals surface area (Å²) >= 11 is 0. The number of carbonyl (C=O) groups excluding carboxylic acids is 1. The zero-order chi connectivity index (χ0) is 33.1. The van der Waals surface area contributed by atoms with Gasteiger partial charge in [-0.15, -0.1) is 0 Å². The largest absolute Gasteiger partial charge is 0.457 e. The van der Waals surface area contributed by atoms with Gasteiger partial charge in [0.15, 0.2) is 11.5 Å². The summed E-state index contributed by atoms with van der Waals surface area (Å²) in [6, 6.07) is 18.6. The molecular formula is C35H41N9O3. The van der Waals surface area contributed by atoms with Crippen LogP contribution in [0.3, 0.4) is 0 Å². The number of likely N-dealkylation sites (N-methyl/N-ethyl adjacent to an activating group) is 1. The minimum atomic E-state index is -0.421. The maximum atomic E-state index is 14.0. The highest BCUT2D eigenvalue weighted by Crippen LogP contribution is 2.32. The molecule has 0 radical (unpaired) electrons. The van der Waals surface area contributed by atoms with Crippen LogP contribution in [0.25, 0.3) is 16.9 Å². The number of imidazole rings is 1. The lowest BCUT2D eigenvalue weighted by Crippen LogP contribution is -2.53. The highest BCUT2D eigenvalue weighted by Gasteiger charge is 2.32. The minimum Gasteiger partial charge on any atom is -0.457 e. The fourth-order valence-corrected chi connectivity index (χ4v) is 6.64. The average Bonchev–Trinajstić information content (AvgIpc) is 3.37. The summed E-state index contributed by atoms with van der Waals surface area (Å²) in [6.45, 7) is 7.75. The smallest absolute Gasteiger partial charge is 0.335 e. The quantitative estimate of drug-likeness (QED) is 0.216. The number of piperazine rings is 1. The molecule has 0 unspecified atom stereocenters. The number of nitrogens with zero attached hydrogens (tertiary/aromatic N) is 7. The number of amides is 1. The number of rotatable bonds is 8.